The molecule has 1 N–H and O–H groups in total. The highest BCUT2D eigenvalue weighted by molar-refractivity contribution is 9.10. The first-order chi connectivity index (χ1) is 10.2. The SMILES string of the molecule is COc1ccc(Br)cc1C(=O)Nc1cccc2nsnc12. The number of amides is 1. The molecule has 0 unspecified atom stereocenters. The van der Waals surface area contributed by atoms with Crippen molar-refractivity contribution in [3.05, 3.63) is 46.4 Å². The molecule has 0 aliphatic rings. The molecule has 3 aromatic rings. The van der Waals surface area contributed by atoms with Gasteiger partial charge in [-0.15, -0.1) is 0 Å². The summed E-state index contributed by atoms with van der Waals surface area (Å²) in [5.74, 6) is 0.257. The third kappa shape index (κ3) is 2.74. The van der Waals surface area contributed by atoms with Crippen molar-refractivity contribution in [3.63, 3.8) is 0 Å². The molecule has 0 bridgehead atoms. The molecule has 0 saturated carbocycles. The molecule has 0 spiro atoms. The summed E-state index contributed by atoms with van der Waals surface area (Å²) in [6.45, 7) is 0. The summed E-state index contributed by atoms with van der Waals surface area (Å²) < 4.78 is 14.4. The maximum absolute atomic E-state index is 12.5. The Labute approximate surface area is 133 Å². The number of anilines is 1. The van der Waals surface area contributed by atoms with Crippen LogP contribution in [0.4, 0.5) is 5.69 Å². The predicted molar refractivity (Wildman–Crippen MR) is 86.1 cm³/mol. The Bertz CT molecular complexity index is 819. The topological polar surface area (TPSA) is 64.1 Å². The molecule has 0 saturated heterocycles. The number of nitrogens with zero attached hydrogens (tertiary/aromatic N) is 2. The van der Waals surface area contributed by atoms with Crippen molar-refractivity contribution in [2.75, 3.05) is 12.4 Å². The third-order valence-electron chi connectivity index (χ3n) is 2.94. The van der Waals surface area contributed by atoms with E-state index in [1.165, 1.54) is 7.11 Å². The van der Waals surface area contributed by atoms with Crippen LogP contribution in [0.3, 0.4) is 0 Å². The second kappa shape index (κ2) is 5.79. The number of nitrogens with one attached hydrogen (secondary N) is 1. The fourth-order valence-electron chi connectivity index (χ4n) is 1.95. The maximum atomic E-state index is 12.5. The van der Waals surface area contributed by atoms with Crippen molar-refractivity contribution in [2.24, 2.45) is 0 Å². The molecule has 2 aromatic carbocycles. The summed E-state index contributed by atoms with van der Waals surface area (Å²) in [4.78, 5) is 12.5. The molecule has 0 aliphatic heterocycles. The van der Waals surface area contributed by atoms with Crippen molar-refractivity contribution in [1.29, 1.82) is 0 Å². The Balaban J connectivity index is 1.97. The van der Waals surface area contributed by atoms with E-state index in [-0.39, 0.29) is 5.91 Å². The molecule has 3 rings (SSSR count). The summed E-state index contributed by atoms with van der Waals surface area (Å²) in [5.41, 5.74) is 2.53. The summed E-state index contributed by atoms with van der Waals surface area (Å²) in [7, 11) is 1.53. The van der Waals surface area contributed by atoms with Gasteiger partial charge in [-0.3, -0.25) is 4.79 Å². The van der Waals surface area contributed by atoms with E-state index in [1.807, 2.05) is 18.2 Å². The average molecular weight is 364 g/mol. The lowest BCUT2D eigenvalue weighted by atomic mass is 10.1. The summed E-state index contributed by atoms with van der Waals surface area (Å²) >= 11 is 4.47. The van der Waals surface area contributed by atoms with Gasteiger partial charge in [0.1, 0.15) is 16.8 Å². The lowest BCUT2D eigenvalue weighted by Gasteiger charge is -2.10. The Morgan fingerprint density at radius 3 is 2.95 bits per heavy atom. The van der Waals surface area contributed by atoms with Gasteiger partial charge in [-0.25, -0.2) is 0 Å². The molecule has 1 heterocycles. The van der Waals surface area contributed by atoms with Gasteiger partial charge in [0, 0.05) is 4.47 Å². The highest BCUT2D eigenvalue weighted by atomic mass is 79.9. The van der Waals surface area contributed by atoms with Crippen LogP contribution in [0, 0.1) is 0 Å². The highest BCUT2D eigenvalue weighted by Crippen LogP contribution is 2.26. The van der Waals surface area contributed by atoms with Gasteiger partial charge in [-0.05, 0) is 30.3 Å². The van der Waals surface area contributed by atoms with Crippen LogP contribution in [0.25, 0.3) is 11.0 Å². The molecule has 5 nitrogen and oxygen atoms in total. The minimum absolute atomic E-state index is 0.256. The lowest BCUT2D eigenvalue weighted by molar-refractivity contribution is 0.102. The molecule has 1 amide bonds. The van der Waals surface area contributed by atoms with Crippen LogP contribution >= 0.6 is 27.7 Å². The van der Waals surface area contributed by atoms with Gasteiger partial charge < -0.3 is 10.1 Å². The van der Waals surface area contributed by atoms with Crippen molar-refractivity contribution in [3.8, 4) is 5.75 Å². The van der Waals surface area contributed by atoms with E-state index in [2.05, 4.69) is 30.0 Å². The Hall–Kier alpha value is -1.99. The van der Waals surface area contributed by atoms with Crippen molar-refractivity contribution in [2.45, 2.75) is 0 Å². The van der Waals surface area contributed by atoms with Crippen LogP contribution in [0.1, 0.15) is 10.4 Å². The molecule has 7 heteroatoms. The smallest absolute Gasteiger partial charge is 0.259 e. The minimum Gasteiger partial charge on any atom is -0.496 e. The molecule has 0 radical (unpaired) electrons. The first kappa shape index (κ1) is 14.0. The molecule has 0 atom stereocenters. The van der Waals surface area contributed by atoms with Gasteiger partial charge in [0.2, 0.25) is 0 Å². The van der Waals surface area contributed by atoms with Crippen molar-refractivity contribution >= 4 is 50.3 Å². The minimum atomic E-state index is -0.256. The first-order valence-corrected chi connectivity index (χ1v) is 7.57. The average Bonchev–Trinajstić information content (AvgIpc) is 2.96. The van der Waals surface area contributed by atoms with Crippen LogP contribution in [-0.2, 0) is 0 Å². The number of hydrogen-bond donors (Lipinski definition) is 1. The summed E-state index contributed by atoms with van der Waals surface area (Å²) in [5, 5.41) is 2.85. The molecule has 0 fully saturated rings. The fourth-order valence-corrected chi connectivity index (χ4v) is 2.87. The standard InChI is InChI=1S/C14H10BrN3O2S/c1-20-12-6-5-8(15)7-9(12)14(19)16-10-3-2-4-11-13(10)18-21-17-11/h2-7H,1H3,(H,16,19). The Kier molecular flexibility index (Phi) is 3.85. The summed E-state index contributed by atoms with van der Waals surface area (Å²) in [6, 6.07) is 10.8. The lowest BCUT2D eigenvalue weighted by Crippen LogP contribution is -2.13. The van der Waals surface area contributed by atoms with Gasteiger partial charge in [0.25, 0.3) is 5.91 Å². The van der Waals surface area contributed by atoms with Gasteiger partial charge in [0.15, 0.2) is 0 Å². The van der Waals surface area contributed by atoms with E-state index in [1.54, 1.807) is 18.2 Å². The zero-order valence-corrected chi connectivity index (χ0v) is 13.4. The van der Waals surface area contributed by atoms with Gasteiger partial charge in [-0.1, -0.05) is 22.0 Å². The monoisotopic (exact) mass is 363 g/mol. The number of hydrogen-bond acceptors (Lipinski definition) is 5. The van der Waals surface area contributed by atoms with Crippen LogP contribution in [-0.4, -0.2) is 21.8 Å². The van der Waals surface area contributed by atoms with E-state index in [9.17, 15) is 4.79 Å². The van der Waals surface area contributed by atoms with Crippen LogP contribution in [0.15, 0.2) is 40.9 Å². The Morgan fingerprint density at radius 1 is 1.29 bits per heavy atom. The van der Waals surface area contributed by atoms with E-state index in [0.29, 0.717) is 22.5 Å². The first-order valence-electron chi connectivity index (χ1n) is 6.05. The van der Waals surface area contributed by atoms with Crippen LogP contribution < -0.4 is 10.1 Å². The molecular formula is C14H10BrN3O2S. The van der Waals surface area contributed by atoms with E-state index >= 15 is 0 Å². The highest BCUT2D eigenvalue weighted by Gasteiger charge is 2.15. The second-order valence-electron chi connectivity index (χ2n) is 4.24. The van der Waals surface area contributed by atoms with Crippen molar-refractivity contribution in [1.82, 2.24) is 8.75 Å². The predicted octanol–water partition coefficient (Wildman–Crippen LogP) is 3.71. The van der Waals surface area contributed by atoms with E-state index < -0.39 is 0 Å². The zero-order valence-electron chi connectivity index (χ0n) is 11.0. The number of rotatable bonds is 3. The maximum Gasteiger partial charge on any atom is 0.259 e. The van der Waals surface area contributed by atoms with Crippen molar-refractivity contribution < 1.29 is 9.53 Å². The number of halogens is 1. The largest absolute Gasteiger partial charge is 0.496 e. The van der Waals surface area contributed by atoms with Gasteiger partial charge in [-0.2, -0.15) is 8.75 Å². The molecule has 0 aliphatic carbocycles. The molecule has 1 aromatic heterocycles. The van der Waals surface area contributed by atoms with E-state index in [0.717, 1.165) is 21.7 Å². The summed E-state index contributed by atoms with van der Waals surface area (Å²) in [6.07, 6.45) is 0. The normalized spacial score (nSPS) is 10.6. The zero-order chi connectivity index (χ0) is 14.8. The van der Waals surface area contributed by atoms with Crippen LogP contribution in [0.5, 0.6) is 5.75 Å². The number of aromatic nitrogens is 2. The Morgan fingerprint density at radius 2 is 2.14 bits per heavy atom. The quantitative estimate of drug-likeness (QED) is 0.770. The molecular weight excluding hydrogens is 354 g/mol. The van der Waals surface area contributed by atoms with Crippen LogP contribution in [0.2, 0.25) is 0 Å². The van der Waals surface area contributed by atoms with Gasteiger partial charge >= 0.3 is 0 Å². The molecule has 106 valence electrons. The number of ether oxygens (including phenoxy) is 1. The molecule has 21 heavy (non-hydrogen) atoms. The second-order valence-corrected chi connectivity index (χ2v) is 5.68. The number of methoxy groups -OCH3 is 1. The number of fused-ring (bicyclic) bond motifs is 1. The third-order valence-corrected chi connectivity index (χ3v) is 3.98. The van der Waals surface area contributed by atoms with Gasteiger partial charge in [0.05, 0.1) is 30.1 Å². The number of benzene rings is 2. The number of carbonyl (C=O) groups excluding carboxylic acids is 1. The number of carbonyl (C=O) groups is 1. The fraction of sp³-hybridized carbons (Fsp3) is 0.0714. The van der Waals surface area contributed by atoms with E-state index in [4.69, 9.17) is 4.74 Å².